The molecule has 1 aliphatic rings. The van der Waals surface area contributed by atoms with Crippen molar-refractivity contribution in [2.45, 2.75) is 41.9 Å². The molecule has 22 heavy (non-hydrogen) atoms. The lowest BCUT2D eigenvalue weighted by molar-refractivity contribution is -0.120. The number of aliphatic hydroxyl groups is 1. The summed E-state index contributed by atoms with van der Waals surface area (Å²) in [4.78, 5) is 16.7. The van der Waals surface area contributed by atoms with E-state index in [1.54, 1.807) is 11.3 Å². The average molecular weight is 336 g/mol. The fraction of sp³-hybridized carbons (Fsp3) is 0.500. The summed E-state index contributed by atoms with van der Waals surface area (Å²) in [6.45, 7) is 2.47. The van der Waals surface area contributed by atoms with E-state index in [-0.39, 0.29) is 23.2 Å². The first-order chi connectivity index (χ1) is 10.6. The number of aliphatic hydroxyl groups excluding tert-OH is 1. The number of nitrogens with zero attached hydrogens (tertiary/aromatic N) is 1. The van der Waals surface area contributed by atoms with Crippen LogP contribution in [-0.4, -0.2) is 33.9 Å². The maximum absolute atomic E-state index is 12.2. The molecule has 3 rings (SSSR count). The van der Waals surface area contributed by atoms with Gasteiger partial charge in [-0.2, -0.15) is 0 Å². The molecule has 6 heteroatoms. The number of amides is 1. The maximum atomic E-state index is 12.2. The minimum atomic E-state index is -0.257. The van der Waals surface area contributed by atoms with Crippen LogP contribution >= 0.6 is 23.1 Å². The summed E-state index contributed by atoms with van der Waals surface area (Å²) in [5.41, 5.74) is 0.983. The fourth-order valence-electron chi connectivity index (χ4n) is 2.74. The molecule has 0 bridgehead atoms. The van der Waals surface area contributed by atoms with E-state index in [4.69, 9.17) is 0 Å². The number of para-hydroxylation sites is 1. The van der Waals surface area contributed by atoms with Gasteiger partial charge in [0.15, 0.2) is 4.34 Å². The van der Waals surface area contributed by atoms with Gasteiger partial charge in [0.05, 0.1) is 21.6 Å². The largest absolute Gasteiger partial charge is 0.393 e. The SMILES string of the molecule is CC(Sc1nc2ccccc2s1)C(=O)NCC1CCCC1O. The van der Waals surface area contributed by atoms with Crippen molar-refractivity contribution < 1.29 is 9.90 Å². The fourth-order valence-corrected chi connectivity index (χ4v) is 4.97. The van der Waals surface area contributed by atoms with E-state index in [0.717, 1.165) is 33.8 Å². The van der Waals surface area contributed by atoms with Gasteiger partial charge in [-0.25, -0.2) is 4.98 Å². The molecule has 1 heterocycles. The van der Waals surface area contributed by atoms with Gasteiger partial charge in [-0.05, 0) is 31.9 Å². The Balaban J connectivity index is 1.54. The van der Waals surface area contributed by atoms with Gasteiger partial charge in [-0.3, -0.25) is 4.79 Å². The van der Waals surface area contributed by atoms with E-state index in [1.165, 1.54) is 11.8 Å². The molecular formula is C16H20N2O2S2. The third-order valence-corrected chi connectivity index (χ3v) is 6.31. The van der Waals surface area contributed by atoms with E-state index in [0.29, 0.717) is 6.54 Å². The van der Waals surface area contributed by atoms with Crippen LogP contribution in [0.1, 0.15) is 26.2 Å². The average Bonchev–Trinajstić information content (AvgIpc) is 3.10. The first-order valence-corrected chi connectivity index (χ1v) is 9.31. The van der Waals surface area contributed by atoms with Crippen molar-refractivity contribution in [2.24, 2.45) is 5.92 Å². The van der Waals surface area contributed by atoms with Crippen molar-refractivity contribution in [3.63, 3.8) is 0 Å². The highest BCUT2D eigenvalue weighted by atomic mass is 32.2. The Bertz CT molecular complexity index is 625. The number of hydrogen-bond acceptors (Lipinski definition) is 5. The van der Waals surface area contributed by atoms with E-state index < -0.39 is 0 Å². The number of hydrogen-bond donors (Lipinski definition) is 2. The Morgan fingerprint density at radius 3 is 3.05 bits per heavy atom. The molecule has 0 spiro atoms. The van der Waals surface area contributed by atoms with Crippen molar-refractivity contribution in [2.75, 3.05) is 6.54 Å². The standard InChI is InChI=1S/C16H20N2O2S2/c1-10(15(20)17-9-11-5-4-7-13(11)19)21-16-18-12-6-2-3-8-14(12)22-16/h2-3,6,8,10-11,13,19H,4-5,7,9H2,1H3,(H,17,20). The molecule has 3 atom stereocenters. The zero-order valence-electron chi connectivity index (χ0n) is 12.5. The highest BCUT2D eigenvalue weighted by molar-refractivity contribution is 8.02. The molecule has 4 nitrogen and oxygen atoms in total. The van der Waals surface area contributed by atoms with Gasteiger partial charge in [0.25, 0.3) is 0 Å². The predicted octanol–water partition coefficient (Wildman–Crippen LogP) is 3.05. The zero-order valence-corrected chi connectivity index (χ0v) is 14.1. The number of nitrogens with one attached hydrogen (secondary N) is 1. The van der Waals surface area contributed by atoms with Crippen molar-refractivity contribution in [3.05, 3.63) is 24.3 Å². The molecule has 118 valence electrons. The lowest BCUT2D eigenvalue weighted by atomic mass is 10.1. The van der Waals surface area contributed by atoms with Crippen LogP contribution in [0.4, 0.5) is 0 Å². The molecule has 2 aromatic rings. The number of carbonyl (C=O) groups excluding carboxylic acids is 1. The van der Waals surface area contributed by atoms with E-state index >= 15 is 0 Å². The quantitative estimate of drug-likeness (QED) is 0.824. The second-order valence-electron chi connectivity index (χ2n) is 5.71. The molecule has 1 aromatic carbocycles. The summed E-state index contributed by atoms with van der Waals surface area (Å²) < 4.78 is 2.07. The van der Waals surface area contributed by atoms with Crippen LogP contribution in [0, 0.1) is 5.92 Å². The number of thiazole rings is 1. The lowest BCUT2D eigenvalue weighted by Gasteiger charge is -2.16. The maximum Gasteiger partial charge on any atom is 0.233 e. The summed E-state index contributed by atoms with van der Waals surface area (Å²) in [6, 6.07) is 8.00. The molecule has 3 unspecified atom stereocenters. The molecule has 1 amide bonds. The number of carbonyl (C=O) groups is 1. The van der Waals surface area contributed by atoms with Gasteiger partial charge in [-0.15, -0.1) is 11.3 Å². The number of fused-ring (bicyclic) bond motifs is 1. The van der Waals surface area contributed by atoms with Crippen LogP contribution in [-0.2, 0) is 4.79 Å². The molecule has 1 aromatic heterocycles. The minimum Gasteiger partial charge on any atom is -0.393 e. The van der Waals surface area contributed by atoms with Gasteiger partial charge < -0.3 is 10.4 Å². The summed E-state index contributed by atoms with van der Waals surface area (Å²) in [5.74, 6) is 0.229. The number of thioether (sulfide) groups is 1. The molecular weight excluding hydrogens is 316 g/mol. The number of rotatable bonds is 5. The first-order valence-electron chi connectivity index (χ1n) is 7.61. The van der Waals surface area contributed by atoms with Gasteiger partial charge in [-0.1, -0.05) is 30.3 Å². The van der Waals surface area contributed by atoms with Crippen molar-refractivity contribution in [1.29, 1.82) is 0 Å². The normalized spacial score (nSPS) is 22.8. The summed E-state index contributed by atoms with van der Waals surface area (Å²) in [5, 5.41) is 12.6. The second-order valence-corrected chi connectivity index (χ2v) is 8.33. The van der Waals surface area contributed by atoms with Crippen molar-refractivity contribution in [3.8, 4) is 0 Å². The van der Waals surface area contributed by atoms with Gasteiger partial charge in [0, 0.05) is 12.5 Å². The van der Waals surface area contributed by atoms with Crippen LogP contribution < -0.4 is 5.32 Å². The molecule has 0 aliphatic heterocycles. The highest BCUT2D eigenvalue weighted by Crippen LogP contribution is 2.32. The molecule has 1 fully saturated rings. The van der Waals surface area contributed by atoms with Gasteiger partial charge >= 0.3 is 0 Å². The Hall–Kier alpha value is -1.11. The Morgan fingerprint density at radius 1 is 1.50 bits per heavy atom. The van der Waals surface area contributed by atoms with Crippen LogP contribution in [0.15, 0.2) is 28.6 Å². The van der Waals surface area contributed by atoms with Crippen LogP contribution in [0.3, 0.4) is 0 Å². The third kappa shape index (κ3) is 3.62. The smallest absolute Gasteiger partial charge is 0.233 e. The Morgan fingerprint density at radius 2 is 2.32 bits per heavy atom. The second kappa shape index (κ2) is 6.98. The molecule has 2 N–H and O–H groups in total. The van der Waals surface area contributed by atoms with Crippen LogP contribution in [0.25, 0.3) is 10.2 Å². The molecule has 1 saturated carbocycles. The van der Waals surface area contributed by atoms with Crippen LogP contribution in [0.5, 0.6) is 0 Å². The number of aromatic nitrogens is 1. The highest BCUT2D eigenvalue weighted by Gasteiger charge is 2.26. The monoisotopic (exact) mass is 336 g/mol. The van der Waals surface area contributed by atoms with Gasteiger partial charge in [0.2, 0.25) is 5.91 Å². The van der Waals surface area contributed by atoms with Crippen molar-refractivity contribution >= 4 is 39.2 Å². The minimum absolute atomic E-state index is 0.0170. The van der Waals surface area contributed by atoms with E-state index in [1.807, 2.05) is 31.2 Å². The van der Waals surface area contributed by atoms with Gasteiger partial charge in [0.1, 0.15) is 0 Å². The zero-order chi connectivity index (χ0) is 15.5. The predicted molar refractivity (Wildman–Crippen MR) is 91.3 cm³/mol. The number of benzene rings is 1. The van der Waals surface area contributed by atoms with Crippen LogP contribution in [0.2, 0.25) is 0 Å². The molecule has 0 radical (unpaired) electrons. The molecule has 0 saturated heterocycles. The van der Waals surface area contributed by atoms with Crippen molar-refractivity contribution in [1.82, 2.24) is 10.3 Å². The lowest BCUT2D eigenvalue weighted by Crippen LogP contribution is -2.36. The summed E-state index contributed by atoms with van der Waals surface area (Å²) in [6.07, 6.45) is 2.65. The third-order valence-electron chi connectivity index (χ3n) is 4.08. The molecule has 1 aliphatic carbocycles. The summed E-state index contributed by atoms with van der Waals surface area (Å²) >= 11 is 3.11. The Labute approximate surface area is 138 Å². The first kappa shape index (κ1) is 15.8. The Kier molecular flexibility index (Phi) is 5.00. The van der Waals surface area contributed by atoms with E-state index in [9.17, 15) is 9.90 Å². The van der Waals surface area contributed by atoms with E-state index in [2.05, 4.69) is 10.3 Å². The summed E-state index contributed by atoms with van der Waals surface area (Å²) in [7, 11) is 0. The topological polar surface area (TPSA) is 62.2 Å².